The summed E-state index contributed by atoms with van der Waals surface area (Å²) in [5, 5.41) is 7.84. The first-order valence-electron chi connectivity index (χ1n) is 5.73. The summed E-state index contributed by atoms with van der Waals surface area (Å²) in [6, 6.07) is 3.67. The molecule has 2 heterocycles. The molecular weight excluding hydrogens is 218 g/mol. The van der Waals surface area contributed by atoms with Gasteiger partial charge in [0.2, 0.25) is 0 Å². The molecule has 1 amide bonds. The Morgan fingerprint density at radius 2 is 2.29 bits per heavy atom. The molecule has 1 fully saturated rings. The normalized spacial score (nSPS) is 24.0. The molecule has 0 radical (unpaired) electrons. The molecule has 0 bridgehead atoms. The van der Waals surface area contributed by atoms with E-state index in [1.54, 1.807) is 12.1 Å². The van der Waals surface area contributed by atoms with E-state index in [4.69, 9.17) is 11.5 Å². The molecule has 1 aromatic heterocycles. The summed E-state index contributed by atoms with van der Waals surface area (Å²) in [7, 11) is 0. The zero-order valence-corrected chi connectivity index (χ0v) is 9.84. The van der Waals surface area contributed by atoms with Crippen LogP contribution in [0.1, 0.15) is 23.8 Å². The predicted octanol–water partition coefficient (Wildman–Crippen LogP) is -0.251. The van der Waals surface area contributed by atoms with Crippen LogP contribution < -0.4 is 16.4 Å². The molecule has 0 aliphatic carbocycles. The fraction of sp³-hybridized carbons (Fsp3) is 0.545. The number of hydrogen-bond acceptors (Lipinski definition) is 5. The Kier molecular flexibility index (Phi) is 3.23. The standard InChI is InChI=1S/C11H17N5O/c1-7-4-5-16(9(7)6-12)10-3-2-8(11(13)17)14-15-10/h2-3,7,9H,4-6,12H2,1H3,(H2,13,17). The summed E-state index contributed by atoms with van der Waals surface area (Å²) in [4.78, 5) is 13.0. The summed E-state index contributed by atoms with van der Waals surface area (Å²) in [6.07, 6.45) is 1.10. The van der Waals surface area contributed by atoms with Crippen LogP contribution in [0.5, 0.6) is 0 Å². The van der Waals surface area contributed by atoms with Crippen LogP contribution >= 0.6 is 0 Å². The average Bonchev–Trinajstić information content (AvgIpc) is 2.70. The van der Waals surface area contributed by atoms with Gasteiger partial charge in [0.15, 0.2) is 11.5 Å². The van der Waals surface area contributed by atoms with Crippen molar-refractivity contribution < 1.29 is 4.79 Å². The van der Waals surface area contributed by atoms with Gasteiger partial charge in [-0.15, -0.1) is 10.2 Å². The van der Waals surface area contributed by atoms with Crippen molar-refractivity contribution in [2.45, 2.75) is 19.4 Å². The molecule has 92 valence electrons. The number of rotatable bonds is 3. The molecule has 0 aromatic carbocycles. The van der Waals surface area contributed by atoms with Crippen LogP contribution in [0.25, 0.3) is 0 Å². The van der Waals surface area contributed by atoms with Crippen LogP contribution in [-0.4, -0.2) is 35.2 Å². The highest BCUT2D eigenvalue weighted by Gasteiger charge is 2.30. The Hall–Kier alpha value is -1.69. The zero-order chi connectivity index (χ0) is 12.4. The van der Waals surface area contributed by atoms with Gasteiger partial charge in [0.05, 0.1) is 0 Å². The number of primary amides is 1. The number of anilines is 1. The molecule has 6 nitrogen and oxygen atoms in total. The molecule has 0 saturated carbocycles. The van der Waals surface area contributed by atoms with Gasteiger partial charge in [-0.1, -0.05) is 6.92 Å². The van der Waals surface area contributed by atoms with Crippen LogP contribution in [0.2, 0.25) is 0 Å². The van der Waals surface area contributed by atoms with Crippen molar-refractivity contribution in [2.24, 2.45) is 17.4 Å². The molecule has 17 heavy (non-hydrogen) atoms. The average molecular weight is 235 g/mol. The maximum atomic E-state index is 10.9. The van der Waals surface area contributed by atoms with Crippen molar-refractivity contribution in [1.82, 2.24) is 10.2 Å². The molecule has 6 heteroatoms. The SMILES string of the molecule is CC1CCN(c2ccc(C(N)=O)nn2)C1CN. The number of amides is 1. The number of aromatic nitrogens is 2. The van der Waals surface area contributed by atoms with Gasteiger partial charge in [-0.2, -0.15) is 0 Å². The van der Waals surface area contributed by atoms with Crippen molar-refractivity contribution in [3.05, 3.63) is 17.8 Å². The third-order valence-electron chi connectivity index (χ3n) is 3.32. The van der Waals surface area contributed by atoms with Gasteiger partial charge in [0.25, 0.3) is 5.91 Å². The topological polar surface area (TPSA) is 98.1 Å². The lowest BCUT2D eigenvalue weighted by Gasteiger charge is -2.26. The molecule has 1 saturated heterocycles. The second-order valence-electron chi connectivity index (χ2n) is 4.40. The van der Waals surface area contributed by atoms with Gasteiger partial charge >= 0.3 is 0 Å². The van der Waals surface area contributed by atoms with Gasteiger partial charge in [-0.25, -0.2) is 0 Å². The molecule has 4 N–H and O–H groups in total. The van der Waals surface area contributed by atoms with Gasteiger partial charge in [-0.3, -0.25) is 4.79 Å². The Labute approximate surface area is 100.0 Å². The maximum absolute atomic E-state index is 10.9. The fourth-order valence-electron chi connectivity index (χ4n) is 2.26. The van der Waals surface area contributed by atoms with Crippen LogP contribution in [0.15, 0.2) is 12.1 Å². The van der Waals surface area contributed by atoms with Gasteiger partial charge in [0, 0.05) is 19.1 Å². The first-order valence-corrected chi connectivity index (χ1v) is 5.73. The Morgan fingerprint density at radius 3 is 2.82 bits per heavy atom. The maximum Gasteiger partial charge on any atom is 0.269 e. The van der Waals surface area contributed by atoms with E-state index in [9.17, 15) is 4.79 Å². The third-order valence-corrected chi connectivity index (χ3v) is 3.32. The van der Waals surface area contributed by atoms with E-state index in [2.05, 4.69) is 22.0 Å². The second-order valence-corrected chi connectivity index (χ2v) is 4.40. The number of nitrogens with zero attached hydrogens (tertiary/aromatic N) is 3. The monoisotopic (exact) mass is 235 g/mol. The summed E-state index contributed by atoms with van der Waals surface area (Å²) in [5.74, 6) is 0.752. The third kappa shape index (κ3) is 2.21. The van der Waals surface area contributed by atoms with Crippen molar-refractivity contribution >= 4 is 11.7 Å². The summed E-state index contributed by atoms with van der Waals surface area (Å²) in [5.41, 5.74) is 11.1. The van der Waals surface area contributed by atoms with E-state index >= 15 is 0 Å². The predicted molar refractivity (Wildman–Crippen MR) is 64.5 cm³/mol. The molecule has 1 aliphatic heterocycles. The van der Waals surface area contributed by atoms with Crippen molar-refractivity contribution in [3.63, 3.8) is 0 Å². The molecule has 0 spiro atoms. The highest BCUT2D eigenvalue weighted by Crippen LogP contribution is 2.27. The molecule has 2 unspecified atom stereocenters. The first-order chi connectivity index (χ1) is 8.13. The lowest BCUT2D eigenvalue weighted by atomic mass is 10.0. The highest BCUT2D eigenvalue weighted by atomic mass is 16.1. The Bertz CT molecular complexity index is 405. The van der Waals surface area contributed by atoms with E-state index in [-0.39, 0.29) is 5.69 Å². The van der Waals surface area contributed by atoms with Crippen LogP contribution in [0.4, 0.5) is 5.82 Å². The minimum absolute atomic E-state index is 0.185. The molecule has 2 atom stereocenters. The van der Waals surface area contributed by atoms with Crippen LogP contribution in [0.3, 0.4) is 0 Å². The lowest BCUT2D eigenvalue weighted by Crippen LogP contribution is -2.39. The van der Waals surface area contributed by atoms with E-state index in [1.807, 2.05) is 0 Å². The number of carbonyl (C=O) groups is 1. The van der Waals surface area contributed by atoms with Gasteiger partial charge < -0.3 is 16.4 Å². The van der Waals surface area contributed by atoms with Crippen LogP contribution in [-0.2, 0) is 0 Å². The van der Waals surface area contributed by atoms with Crippen molar-refractivity contribution in [3.8, 4) is 0 Å². The molecular formula is C11H17N5O. The smallest absolute Gasteiger partial charge is 0.269 e. The molecule has 1 aromatic rings. The summed E-state index contributed by atoms with van der Waals surface area (Å²) in [6.45, 7) is 3.71. The molecule has 2 rings (SSSR count). The lowest BCUT2D eigenvalue weighted by molar-refractivity contribution is 0.0994. The van der Waals surface area contributed by atoms with E-state index < -0.39 is 5.91 Å². The van der Waals surface area contributed by atoms with E-state index in [0.717, 1.165) is 18.8 Å². The van der Waals surface area contributed by atoms with Crippen LogP contribution in [0, 0.1) is 5.92 Å². The Balaban J connectivity index is 2.20. The number of hydrogen-bond donors (Lipinski definition) is 2. The summed E-state index contributed by atoms with van der Waals surface area (Å²) < 4.78 is 0. The number of carbonyl (C=O) groups excluding carboxylic acids is 1. The zero-order valence-electron chi connectivity index (χ0n) is 9.84. The highest BCUT2D eigenvalue weighted by molar-refractivity contribution is 5.90. The minimum atomic E-state index is -0.561. The largest absolute Gasteiger partial charge is 0.364 e. The fourth-order valence-corrected chi connectivity index (χ4v) is 2.26. The van der Waals surface area contributed by atoms with Crippen molar-refractivity contribution in [1.29, 1.82) is 0 Å². The van der Waals surface area contributed by atoms with Gasteiger partial charge in [-0.05, 0) is 24.5 Å². The Morgan fingerprint density at radius 1 is 1.53 bits per heavy atom. The van der Waals surface area contributed by atoms with Crippen molar-refractivity contribution in [2.75, 3.05) is 18.0 Å². The van der Waals surface area contributed by atoms with E-state index in [1.165, 1.54) is 0 Å². The van der Waals surface area contributed by atoms with E-state index in [0.29, 0.717) is 18.5 Å². The number of nitrogens with two attached hydrogens (primary N) is 2. The quantitative estimate of drug-likeness (QED) is 0.752. The first kappa shape index (κ1) is 11.8. The minimum Gasteiger partial charge on any atom is -0.364 e. The van der Waals surface area contributed by atoms with Gasteiger partial charge in [0.1, 0.15) is 0 Å². The second kappa shape index (κ2) is 4.67. The molecule has 1 aliphatic rings. The summed E-state index contributed by atoms with van der Waals surface area (Å²) >= 11 is 0.